The van der Waals surface area contributed by atoms with Crippen molar-refractivity contribution in [3.63, 3.8) is 0 Å². The number of anilines is 2. The Morgan fingerprint density at radius 2 is 1.03 bits per heavy atom. The maximum Gasteiger partial charge on any atom is 0.373 e. The van der Waals surface area contributed by atoms with Crippen LogP contribution in [0.1, 0.15) is 86.2 Å². The third-order valence-corrected chi connectivity index (χ3v) is 10.1. The number of hydrogen-bond donors (Lipinski definition) is 3. The zero-order chi connectivity index (χ0) is 48.8. The number of hydrogen-bond acceptors (Lipinski definition) is 13. The van der Waals surface area contributed by atoms with E-state index in [1.54, 1.807) is 38.1 Å². The molecule has 0 saturated carbocycles. The summed E-state index contributed by atoms with van der Waals surface area (Å²) in [5, 5.41) is 7.16. The van der Waals surface area contributed by atoms with Gasteiger partial charge in [-0.2, -0.15) is 9.59 Å². The van der Waals surface area contributed by atoms with Crippen LogP contribution in [0.5, 0.6) is 11.5 Å². The van der Waals surface area contributed by atoms with Crippen molar-refractivity contribution in [1.29, 1.82) is 0 Å². The summed E-state index contributed by atoms with van der Waals surface area (Å²) in [7, 11) is 0. The molecule has 2 aliphatic heterocycles. The molecule has 3 N–H and O–H groups in total. The number of nitrogens with zero attached hydrogens (tertiary/aromatic N) is 4. The maximum atomic E-state index is 13.8. The highest BCUT2D eigenvalue weighted by Crippen LogP contribution is 2.39. The molecule has 0 radical (unpaired) electrons. The number of carbonyl (C=O) groups is 5. The second kappa shape index (κ2) is 19.7. The largest absolute Gasteiger partial charge is 0.487 e. The zero-order valence-corrected chi connectivity index (χ0v) is 36.0. The number of fused-ring (bicyclic) bond motifs is 2. The van der Waals surface area contributed by atoms with E-state index in [1.807, 2.05) is 20.8 Å². The fourth-order valence-electron chi connectivity index (χ4n) is 7.08. The van der Waals surface area contributed by atoms with Crippen molar-refractivity contribution >= 4 is 47.6 Å². The van der Waals surface area contributed by atoms with Gasteiger partial charge in [-0.25, -0.2) is 27.5 Å². The van der Waals surface area contributed by atoms with Crippen molar-refractivity contribution in [2.45, 2.75) is 58.8 Å². The normalized spacial score (nSPS) is 15.2. The van der Waals surface area contributed by atoms with E-state index in [0.717, 1.165) is 47.0 Å². The number of halogens is 4. The van der Waals surface area contributed by atoms with E-state index >= 15 is 0 Å². The lowest BCUT2D eigenvalue weighted by Gasteiger charge is -2.34. The lowest BCUT2D eigenvalue weighted by molar-refractivity contribution is -0.191. The van der Waals surface area contributed by atoms with E-state index in [0.29, 0.717) is 46.7 Å². The predicted octanol–water partition coefficient (Wildman–Crippen LogP) is 7.55. The molecular weight excluding hydrogens is 883 g/mol. The fourth-order valence-corrected chi connectivity index (χ4v) is 7.08. The average molecular weight is 920 g/mol. The first-order valence-electron chi connectivity index (χ1n) is 19.9. The van der Waals surface area contributed by atoms with Gasteiger partial charge in [-0.15, -0.1) is 0 Å². The van der Waals surface area contributed by atoms with Crippen LogP contribution in [0.4, 0.5) is 29.2 Å². The molecule has 20 heteroatoms. The van der Waals surface area contributed by atoms with Gasteiger partial charge in [0.15, 0.2) is 28.9 Å². The van der Waals surface area contributed by atoms with E-state index in [1.165, 1.54) is 30.9 Å². The van der Waals surface area contributed by atoms with Crippen molar-refractivity contribution in [2.75, 3.05) is 10.6 Å². The number of aromatic nitrogens is 4. The number of amides is 3. The van der Waals surface area contributed by atoms with Gasteiger partial charge in [0.25, 0.3) is 11.8 Å². The van der Waals surface area contributed by atoms with Crippen molar-refractivity contribution in [2.24, 2.45) is 0 Å². The molecule has 0 aliphatic carbocycles. The number of ether oxygens (including phenoxy) is 2. The molecular formula is C47H37F4N7O9. The molecule has 3 amide bonds. The number of benzene rings is 4. The van der Waals surface area contributed by atoms with Crippen molar-refractivity contribution in [1.82, 2.24) is 25.3 Å². The van der Waals surface area contributed by atoms with Gasteiger partial charge in [-0.05, 0) is 94.3 Å². The molecule has 2 aliphatic rings. The predicted molar refractivity (Wildman–Crippen MR) is 229 cm³/mol. The SMILES string of the molecule is Cc1cc2c(cc1-c1cnc(NC(=O)c3c(F)cccc3F)cn1)OC(C)(C)CC2=O.Cc1cc2c(cc1-c1cnc(NC(=O)c3c(F)cccc3F)cn1)OC(C)(NC=O)CC2=O.O=C=O. The monoisotopic (exact) mass is 919 g/mol. The van der Waals surface area contributed by atoms with Crippen LogP contribution in [0.3, 0.4) is 0 Å². The number of carbonyl (C=O) groups excluding carboxylic acids is 7. The minimum atomic E-state index is -1.17. The van der Waals surface area contributed by atoms with E-state index in [-0.39, 0.29) is 41.5 Å². The molecule has 4 heterocycles. The Morgan fingerprint density at radius 3 is 1.42 bits per heavy atom. The minimum Gasteiger partial charge on any atom is -0.487 e. The van der Waals surface area contributed by atoms with Crippen LogP contribution >= 0.6 is 0 Å². The highest BCUT2D eigenvalue weighted by molar-refractivity contribution is 6.05. The molecule has 67 heavy (non-hydrogen) atoms. The Hall–Kier alpha value is -8.51. The van der Waals surface area contributed by atoms with Crippen LogP contribution in [-0.2, 0) is 14.4 Å². The quantitative estimate of drug-likeness (QED) is 0.0991. The first-order chi connectivity index (χ1) is 31.8. The van der Waals surface area contributed by atoms with Crippen molar-refractivity contribution in [3.05, 3.63) is 142 Å². The summed E-state index contributed by atoms with van der Waals surface area (Å²) in [5.41, 5.74) is 1.54. The van der Waals surface area contributed by atoms with Gasteiger partial charge >= 0.3 is 6.15 Å². The van der Waals surface area contributed by atoms with Crippen molar-refractivity contribution in [3.8, 4) is 34.0 Å². The summed E-state index contributed by atoms with van der Waals surface area (Å²) < 4.78 is 67.0. The van der Waals surface area contributed by atoms with Crippen LogP contribution < -0.4 is 25.4 Å². The summed E-state index contributed by atoms with van der Waals surface area (Å²) in [4.78, 5) is 93.3. The van der Waals surface area contributed by atoms with E-state index in [9.17, 15) is 41.5 Å². The van der Waals surface area contributed by atoms with E-state index in [2.05, 4.69) is 35.9 Å². The molecule has 342 valence electrons. The molecule has 8 rings (SSSR count). The highest BCUT2D eigenvalue weighted by Gasteiger charge is 2.37. The Balaban J connectivity index is 0.000000209. The molecule has 16 nitrogen and oxygen atoms in total. The first-order valence-corrected chi connectivity index (χ1v) is 19.9. The molecule has 0 bridgehead atoms. The van der Waals surface area contributed by atoms with Gasteiger partial charge in [0.1, 0.15) is 51.5 Å². The number of nitrogens with one attached hydrogen (secondary N) is 3. The number of Topliss-reactive ketones (excluding diaryl/α,β-unsaturated/α-hetero) is 2. The summed E-state index contributed by atoms with van der Waals surface area (Å²) in [6.07, 6.45) is 6.35. The second-order valence-corrected chi connectivity index (χ2v) is 15.7. The lowest BCUT2D eigenvalue weighted by atomic mass is 9.90. The van der Waals surface area contributed by atoms with Crippen LogP contribution in [0.2, 0.25) is 0 Å². The van der Waals surface area contributed by atoms with Crippen LogP contribution in [-0.4, -0.2) is 67.2 Å². The third kappa shape index (κ3) is 10.9. The van der Waals surface area contributed by atoms with Gasteiger partial charge in [-0.3, -0.25) is 33.9 Å². The Labute approximate surface area is 378 Å². The van der Waals surface area contributed by atoms with Crippen LogP contribution in [0.25, 0.3) is 22.5 Å². The Morgan fingerprint density at radius 1 is 0.627 bits per heavy atom. The number of ketones is 2. The molecule has 4 aromatic carbocycles. The first kappa shape index (κ1) is 48.0. The van der Waals surface area contributed by atoms with Gasteiger partial charge < -0.3 is 25.4 Å². The smallest absolute Gasteiger partial charge is 0.373 e. The van der Waals surface area contributed by atoms with Gasteiger partial charge in [0, 0.05) is 11.1 Å². The Kier molecular flexibility index (Phi) is 14.1. The number of rotatable bonds is 8. The summed E-state index contributed by atoms with van der Waals surface area (Å²) in [6, 6.07) is 13.1. The minimum absolute atomic E-state index is 0.00352. The zero-order valence-electron chi connectivity index (χ0n) is 36.0. The van der Waals surface area contributed by atoms with E-state index in [4.69, 9.17) is 19.1 Å². The van der Waals surface area contributed by atoms with E-state index < -0.39 is 57.5 Å². The molecule has 6 aromatic rings. The molecule has 0 fully saturated rings. The topological polar surface area (TPSA) is 226 Å². The standard InChI is InChI=1S/C23H18F2N4O4.C23H19F2N3O3.CO2/c1-12-6-14-18(31)8-23(2,28-11-30)33-19(14)7-13(12)17-9-27-20(10-26-17)29-22(32)21-15(24)4-3-5-16(21)25;1-12-7-14-18(29)9-23(2,3)31-19(14)8-13(12)17-10-27-20(11-26-17)28-22(30)21-15(24)5-4-6-16(21)25;2-1-3/h3-7,9-11H,8H2,1-2H3,(H,28,30)(H,27,29,32);4-8,10-11H,9H2,1-3H3,(H,27,28,30);. The summed E-state index contributed by atoms with van der Waals surface area (Å²) in [6.45, 7) is 8.93. The molecule has 0 saturated heterocycles. The fraction of sp³-hybridized carbons (Fsp3) is 0.191. The van der Waals surface area contributed by atoms with Gasteiger partial charge in [-0.1, -0.05) is 12.1 Å². The molecule has 1 unspecified atom stereocenters. The average Bonchev–Trinajstić information content (AvgIpc) is 3.25. The number of aryl methyl sites for hydroxylation is 2. The molecule has 2 aromatic heterocycles. The third-order valence-electron chi connectivity index (χ3n) is 10.1. The summed E-state index contributed by atoms with van der Waals surface area (Å²) >= 11 is 0. The maximum absolute atomic E-state index is 13.8. The molecule has 0 spiro atoms. The Bertz CT molecular complexity index is 2940. The van der Waals surface area contributed by atoms with Crippen LogP contribution in [0.15, 0.2) is 85.5 Å². The van der Waals surface area contributed by atoms with Gasteiger partial charge in [0.2, 0.25) is 6.41 Å². The van der Waals surface area contributed by atoms with Crippen LogP contribution in [0, 0.1) is 37.1 Å². The molecule has 1 atom stereocenters. The lowest BCUT2D eigenvalue weighted by Crippen LogP contribution is -2.50. The summed E-state index contributed by atoms with van der Waals surface area (Å²) in [5.74, 6) is -5.22. The highest BCUT2D eigenvalue weighted by atomic mass is 19.1. The second-order valence-electron chi connectivity index (χ2n) is 15.7. The van der Waals surface area contributed by atoms with Gasteiger partial charge in [0.05, 0.1) is 60.1 Å². The van der Waals surface area contributed by atoms with Crippen molar-refractivity contribution < 1.29 is 60.6 Å².